The summed E-state index contributed by atoms with van der Waals surface area (Å²) < 4.78 is 11.0. The van der Waals surface area contributed by atoms with Crippen molar-refractivity contribution in [3.63, 3.8) is 0 Å². The lowest BCUT2D eigenvalue weighted by Gasteiger charge is -2.25. The Bertz CT molecular complexity index is 553. The van der Waals surface area contributed by atoms with Gasteiger partial charge in [-0.3, -0.25) is 9.59 Å². The molecule has 0 spiro atoms. The molecule has 3 atom stereocenters. The zero-order valence-corrected chi connectivity index (χ0v) is 15.9. The highest BCUT2D eigenvalue weighted by atomic mass is 16.5. The molecule has 1 aliphatic rings. The lowest BCUT2D eigenvalue weighted by atomic mass is 10.00. The molecule has 0 bridgehead atoms. The van der Waals surface area contributed by atoms with Crippen LogP contribution in [-0.2, 0) is 23.9 Å². The number of carbonyl (C=O) groups is 3. The number of ketones is 1. The van der Waals surface area contributed by atoms with Gasteiger partial charge < -0.3 is 20.3 Å². The maximum atomic E-state index is 12.7. The standard InChI is InChI=1S/C18H29N3O5/c1-5-12(4)16(26-14-7-8-14)17(23)21-15(18(24)25-11(2)3)9-6-13(22)10-20-19/h10-12,14-16H,5-9H2,1-4H3,(H,21,23)/t12-,15+,16+/m1/s1. The Hall–Kier alpha value is -2.05. The van der Waals surface area contributed by atoms with Crippen molar-refractivity contribution in [3.05, 3.63) is 5.53 Å². The molecule has 0 unspecified atom stereocenters. The van der Waals surface area contributed by atoms with Crippen LogP contribution in [0.1, 0.15) is 59.8 Å². The first kappa shape index (κ1) is 22.0. The van der Waals surface area contributed by atoms with E-state index < -0.39 is 23.9 Å². The molecule has 0 aromatic rings. The van der Waals surface area contributed by atoms with Gasteiger partial charge in [-0.15, -0.1) is 0 Å². The van der Waals surface area contributed by atoms with Crippen LogP contribution in [0.15, 0.2) is 0 Å². The van der Waals surface area contributed by atoms with Gasteiger partial charge in [0.25, 0.3) is 0 Å². The summed E-state index contributed by atoms with van der Waals surface area (Å²) in [6.07, 6.45) is 2.52. The van der Waals surface area contributed by atoms with Gasteiger partial charge in [-0.25, -0.2) is 4.79 Å². The van der Waals surface area contributed by atoms with E-state index in [9.17, 15) is 14.4 Å². The summed E-state index contributed by atoms with van der Waals surface area (Å²) in [5.41, 5.74) is 8.40. The van der Waals surface area contributed by atoms with Crippen LogP contribution < -0.4 is 5.32 Å². The molecule has 1 saturated carbocycles. The summed E-state index contributed by atoms with van der Waals surface area (Å²) in [5, 5.41) is 2.67. The molecular weight excluding hydrogens is 338 g/mol. The van der Waals surface area contributed by atoms with Crippen molar-refractivity contribution >= 4 is 23.9 Å². The summed E-state index contributed by atoms with van der Waals surface area (Å²) in [6, 6.07) is -0.963. The molecular formula is C18H29N3O5. The van der Waals surface area contributed by atoms with Crippen molar-refractivity contribution in [1.82, 2.24) is 5.32 Å². The van der Waals surface area contributed by atoms with Crippen molar-refractivity contribution in [2.45, 2.75) is 84.2 Å². The molecule has 1 amide bonds. The predicted octanol–water partition coefficient (Wildman–Crippen LogP) is 1.67. The van der Waals surface area contributed by atoms with Crippen LogP contribution in [0, 0.1) is 5.92 Å². The number of ether oxygens (including phenoxy) is 2. The van der Waals surface area contributed by atoms with E-state index in [1.807, 2.05) is 13.8 Å². The fourth-order valence-electron chi connectivity index (χ4n) is 2.31. The van der Waals surface area contributed by atoms with Crippen LogP contribution in [0.2, 0.25) is 0 Å². The number of esters is 1. The molecule has 0 radical (unpaired) electrons. The van der Waals surface area contributed by atoms with Gasteiger partial charge in [0.15, 0.2) is 0 Å². The number of hydrogen-bond donors (Lipinski definition) is 1. The maximum absolute atomic E-state index is 12.7. The zero-order valence-electron chi connectivity index (χ0n) is 15.9. The van der Waals surface area contributed by atoms with Gasteiger partial charge in [-0.05, 0) is 39.0 Å². The van der Waals surface area contributed by atoms with Gasteiger partial charge in [0.05, 0.1) is 12.2 Å². The normalized spacial score (nSPS) is 17.0. The monoisotopic (exact) mass is 367 g/mol. The topological polar surface area (TPSA) is 118 Å². The Kier molecular flexibility index (Phi) is 9.16. The first-order valence-corrected chi connectivity index (χ1v) is 9.15. The first-order valence-electron chi connectivity index (χ1n) is 9.15. The average molecular weight is 367 g/mol. The van der Waals surface area contributed by atoms with E-state index in [1.165, 1.54) is 0 Å². The van der Waals surface area contributed by atoms with Crippen molar-refractivity contribution < 1.29 is 28.6 Å². The van der Waals surface area contributed by atoms with E-state index in [-0.39, 0.29) is 36.9 Å². The summed E-state index contributed by atoms with van der Waals surface area (Å²) in [4.78, 5) is 39.2. The number of hydrogen-bond acceptors (Lipinski definition) is 5. The molecule has 1 N–H and O–H groups in total. The van der Waals surface area contributed by atoms with Gasteiger partial charge in [-0.1, -0.05) is 20.3 Å². The second kappa shape index (κ2) is 10.8. The second-order valence-electron chi connectivity index (χ2n) is 6.94. The zero-order chi connectivity index (χ0) is 19.7. The number of nitrogens with zero attached hydrogens (tertiary/aromatic N) is 2. The Balaban J connectivity index is 2.79. The van der Waals surface area contributed by atoms with E-state index in [0.717, 1.165) is 25.5 Å². The molecule has 1 fully saturated rings. The minimum absolute atomic E-state index is 0.000485. The summed E-state index contributed by atoms with van der Waals surface area (Å²) in [6.45, 7) is 7.31. The van der Waals surface area contributed by atoms with Crippen molar-refractivity contribution in [2.24, 2.45) is 5.92 Å². The lowest BCUT2D eigenvalue weighted by molar-refractivity contribution is -0.153. The largest absolute Gasteiger partial charge is 0.461 e. The third-order valence-corrected chi connectivity index (χ3v) is 4.12. The SMILES string of the molecule is CC[C@@H](C)[C@H](OC1CC1)C(=O)N[C@@H](CCC(=O)C=[N+]=[N-])C(=O)OC(C)C. The number of rotatable bonds is 12. The minimum Gasteiger partial charge on any atom is -0.461 e. The summed E-state index contributed by atoms with van der Waals surface area (Å²) in [5.74, 6) is -1.42. The van der Waals surface area contributed by atoms with Crippen molar-refractivity contribution in [2.75, 3.05) is 0 Å². The van der Waals surface area contributed by atoms with Gasteiger partial charge in [0.2, 0.25) is 11.7 Å². The molecule has 8 heteroatoms. The average Bonchev–Trinajstić information content (AvgIpc) is 3.39. The number of Topliss-reactive ketones (excluding diaryl/α,β-unsaturated/α-hetero) is 1. The third kappa shape index (κ3) is 7.89. The van der Waals surface area contributed by atoms with Crippen LogP contribution in [0.4, 0.5) is 0 Å². The Morgan fingerprint density at radius 3 is 2.42 bits per heavy atom. The van der Waals surface area contributed by atoms with Crippen molar-refractivity contribution in [1.29, 1.82) is 0 Å². The van der Waals surface area contributed by atoms with Gasteiger partial charge in [-0.2, -0.15) is 4.79 Å². The molecule has 0 heterocycles. The molecule has 0 aromatic heterocycles. The minimum atomic E-state index is -0.963. The van der Waals surface area contributed by atoms with E-state index in [0.29, 0.717) is 0 Å². The molecule has 1 rings (SSSR count). The Morgan fingerprint density at radius 2 is 1.92 bits per heavy atom. The van der Waals surface area contributed by atoms with Gasteiger partial charge >= 0.3 is 12.2 Å². The van der Waals surface area contributed by atoms with Crippen LogP contribution in [0.25, 0.3) is 5.53 Å². The molecule has 0 aromatic carbocycles. The third-order valence-electron chi connectivity index (χ3n) is 4.12. The van der Waals surface area contributed by atoms with Crippen molar-refractivity contribution in [3.8, 4) is 0 Å². The molecule has 1 aliphatic carbocycles. The highest BCUT2D eigenvalue weighted by Gasteiger charge is 2.35. The van der Waals surface area contributed by atoms with Crippen LogP contribution in [-0.4, -0.2) is 53.0 Å². The molecule has 26 heavy (non-hydrogen) atoms. The van der Waals surface area contributed by atoms with E-state index in [1.54, 1.807) is 13.8 Å². The summed E-state index contributed by atoms with van der Waals surface area (Å²) in [7, 11) is 0. The first-order chi connectivity index (χ1) is 12.3. The van der Waals surface area contributed by atoms with Gasteiger partial charge in [0.1, 0.15) is 12.1 Å². The lowest BCUT2D eigenvalue weighted by Crippen LogP contribution is -2.49. The molecule has 8 nitrogen and oxygen atoms in total. The van der Waals surface area contributed by atoms with Crippen LogP contribution in [0.5, 0.6) is 0 Å². The molecule has 0 saturated heterocycles. The number of carbonyl (C=O) groups excluding carboxylic acids is 3. The van der Waals surface area contributed by atoms with E-state index in [2.05, 4.69) is 10.1 Å². The predicted molar refractivity (Wildman–Crippen MR) is 94.4 cm³/mol. The fourth-order valence-corrected chi connectivity index (χ4v) is 2.31. The smallest absolute Gasteiger partial charge is 0.328 e. The van der Waals surface area contributed by atoms with Crippen LogP contribution >= 0.6 is 0 Å². The van der Waals surface area contributed by atoms with E-state index in [4.69, 9.17) is 15.0 Å². The summed E-state index contributed by atoms with van der Waals surface area (Å²) >= 11 is 0. The number of nitrogens with one attached hydrogen (secondary N) is 1. The molecule has 0 aliphatic heterocycles. The van der Waals surface area contributed by atoms with Crippen LogP contribution in [0.3, 0.4) is 0 Å². The van der Waals surface area contributed by atoms with Gasteiger partial charge in [0, 0.05) is 6.42 Å². The highest BCUT2D eigenvalue weighted by Crippen LogP contribution is 2.28. The Morgan fingerprint density at radius 1 is 1.27 bits per heavy atom. The second-order valence-corrected chi connectivity index (χ2v) is 6.94. The molecule has 146 valence electrons. The Labute approximate surface area is 154 Å². The maximum Gasteiger partial charge on any atom is 0.328 e. The van der Waals surface area contributed by atoms with E-state index >= 15 is 0 Å². The number of amides is 1. The highest BCUT2D eigenvalue weighted by molar-refractivity contribution is 6.25. The fraction of sp³-hybridized carbons (Fsp3) is 0.778. The quantitative estimate of drug-likeness (QED) is 0.244.